The molecule has 0 bridgehead atoms. The maximum Gasteiger partial charge on any atom is 0.240 e. The van der Waals surface area contributed by atoms with Crippen LogP contribution in [0.3, 0.4) is 0 Å². The molecule has 0 spiro atoms. The van der Waals surface area contributed by atoms with E-state index in [1.165, 1.54) is 12.1 Å². The van der Waals surface area contributed by atoms with Crippen molar-refractivity contribution in [1.29, 1.82) is 0 Å². The Labute approximate surface area is 113 Å². The monoisotopic (exact) mass is 286 g/mol. The molecule has 0 amide bonds. The van der Waals surface area contributed by atoms with Crippen LogP contribution in [0.4, 0.5) is 10.1 Å². The Hall–Kier alpha value is -1.14. The van der Waals surface area contributed by atoms with Gasteiger partial charge in [0.15, 0.2) is 0 Å². The predicted molar refractivity (Wildman–Crippen MR) is 72.6 cm³/mol. The van der Waals surface area contributed by atoms with Gasteiger partial charge in [-0.05, 0) is 36.5 Å². The van der Waals surface area contributed by atoms with E-state index in [2.05, 4.69) is 4.72 Å². The molecule has 1 aromatic rings. The number of nitrogen functional groups attached to an aromatic ring is 1. The lowest BCUT2D eigenvalue weighted by molar-refractivity contribution is 0.313. The smallest absolute Gasteiger partial charge is 0.240 e. The molecule has 19 heavy (non-hydrogen) atoms. The summed E-state index contributed by atoms with van der Waals surface area (Å²) in [7, 11) is -3.70. The number of benzene rings is 1. The van der Waals surface area contributed by atoms with Crippen LogP contribution in [-0.4, -0.2) is 14.5 Å². The van der Waals surface area contributed by atoms with Crippen molar-refractivity contribution in [3.8, 4) is 0 Å². The van der Waals surface area contributed by atoms with Gasteiger partial charge < -0.3 is 5.73 Å². The molecular weight excluding hydrogens is 267 g/mol. The van der Waals surface area contributed by atoms with Gasteiger partial charge in [-0.15, -0.1) is 0 Å². The van der Waals surface area contributed by atoms with Crippen molar-refractivity contribution in [2.24, 2.45) is 5.41 Å². The second-order valence-electron chi connectivity index (χ2n) is 5.74. The summed E-state index contributed by atoms with van der Waals surface area (Å²) in [5.74, 6) is -0.714. The third-order valence-electron chi connectivity index (χ3n) is 3.84. The maximum absolute atomic E-state index is 13.4. The van der Waals surface area contributed by atoms with E-state index in [9.17, 15) is 12.8 Å². The fourth-order valence-electron chi connectivity index (χ4n) is 2.48. The van der Waals surface area contributed by atoms with Crippen LogP contribution in [0, 0.1) is 11.2 Å². The van der Waals surface area contributed by atoms with Crippen LogP contribution < -0.4 is 10.5 Å². The quantitative estimate of drug-likeness (QED) is 0.837. The molecule has 1 aromatic carbocycles. The average molecular weight is 286 g/mol. The Kier molecular flexibility index (Phi) is 3.57. The molecule has 1 unspecified atom stereocenters. The first-order valence-corrected chi connectivity index (χ1v) is 7.78. The van der Waals surface area contributed by atoms with Crippen LogP contribution in [0.2, 0.25) is 0 Å². The van der Waals surface area contributed by atoms with Crippen molar-refractivity contribution in [2.75, 3.05) is 5.73 Å². The van der Waals surface area contributed by atoms with Crippen molar-refractivity contribution in [3.05, 3.63) is 24.0 Å². The molecule has 0 aliphatic heterocycles. The summed E-state index contributed by atoms with van der Waals surface area (Å²) in [4.78, 5) is -0.0816. The van der Waals surface area contributed by atoms with E-state index in [1.807, 2.05) is 13.8 Å². The van der Waals surface area contributed by atoms with Crippen LogP contribution in [0.15, 0.2) is 23.1 Å². The molecule has 6 heteroatoms. The Morgan fingerprint density at radius 3 is 2.63 bits per heavy atom. The van der Waals surface area contributed by atoms with Gasteiger partial charge in [0, 0.05) is 6.04 Å². The molecule has 1 saturated carbocycles. The minimum atomic E-state index is -3.70. The third kappa shape index (κ3) is 2.90. The first-order chi connectivity index (χ1) is 8.72. The Morgan fingerprint density at radius 1 is 1.42 bits per heavy atom. The van der Waals surface area contributed by atoms with Gasteiger partial charge in [0.2, 0.25) is 10.0 Å². The Morgan fingerprint density at radius 2 is 2.11 bits per heavy atom. The molecule has 0 heterocycles. The number of rotatable bonds is 3. The number of nitrogens with two attached hydrogens (primary N) is 1. The highest BCUT2D eigenvalue weighted by Crippen LogP contribution is 2.37. The molecule has 1 aliphatic rings. The predicted octanol–water partition coefficient (Wildman–Crippen LogP) is 2.26. The standard InChI is InChI=1S/C13H19FN2O2S/c1-13(2)7-3-4-12(13)16-19(17,18)9-5-6-11(15)10(14)8-9/h5-6,8,12,16H,3-4,7,15H2,1-2H3. The minimum absolute atomic E-state index is 0.0554. The maximum atomic E-state index is 13.4. The lowest BCUT2D eigenvalue weighted by atomic mass is 9.88. The zero-order valence-corrected chi connectivity index (χ0v) is 11.9. The summed E-state index contributed by atoms with van der Waals surface area (Å²) in [6.07, 6.45) is 2.79. The highest BCUT2D eigenvalue weighted by atomic mass is 32.2. The molecule has 2 rings (SSSR count). The second kappa shape index (κ2) is 4.76. The molecule has 1 fully saturated rings. The highest BCUT2D eigenvalue weighted by molar-refractivity contribution is 7.89. The molecule has 0 radical (unpaired) electrons. The summed E-state index contributed by atoms with van der Waals surface area (Å²) >= 11 is 0. The van der Waals surface area contributed by atoms with Crippen LogP contribution in [0.25, 0.3) is 0 Å². The van der Waals surface area contributed by atoms with Gasteiger partial charge in [0.1, 0.15) is 5.82 Å². The lowest BCUT2D eigenvalue weighted by Gasteiger charge is -2.27. The SMILES string of the molecule is CC1(C)CCCC1NS(=O)(=O)c1ccc(N)c(F)c1. The zero-order valence-electron chi connectivity index (χ0n) is 11.1. The molecule has 4 nitrogen and oxygen atoms in total. The molecule has 106 valence electrons. The van der Waals surface area contributed by atoms with Gasteiger partial charge in [0.05, 0.1) is 10.6 Å². The van der Waals surface area contributed by atoms with Crippen LogP contribution in [0.1, 0.15) is 33.1 Å². The fourth-order valence-corrected chi connectivity index (χ4v) is 3.93. The van der Waals surface area contributed by atoms with Crippen molar-refractivity contribution in [2.45, 2.75) is 44.0 Å². The molecule has 3 N–H and O–H groups in total. The lowest BCUT2D eigenvalue weighted by Crippen LogP contribution is -2.41. The first kappa shape index (κ1) is 14.3. The van der Waals surface area contributed by atoms with E-state index < -0.39 is 15.8 Å². The highest BCUT2D eigenvalue weighted by Gasteiger charge is 2.37. The number of sulfonamides is 1. The Balaban J connectivity index is 2.25. The summed E-state index contributed by atoms with van der Waals surface area (Å²) in [6.45, 7) is 4.08. The van der Waals surface area contributed by atoms with Gasteiger partial charge in [-0.25, -0.2) is 17.5 Å². The zero-order chi connectivity index (χ0) is 14.3. The molecule has 0 saturated heterocycles. The molecule has 1 atom stereocenters. The minimum Gasteiger partial charge on any atom is -0.396 e. The van der Waals surface area contributed by atoms with E-state index in [0.717, 1.165) is 25.3 Å². The summed E-state index contributed by atoms with van der Waals surface area (Å²) < 4.78 is 40.5. The number of hydrogen-bond acceptors (Lipinski definition) is 3. The second-order valence-corrected chi connectivity index (χ2v) is 7.45. The van der Waals surface area contributed by atoms with E-state index in [0.29, 0.717) is 0 Å². The summed E-state index contributed by atoms with van der Waals surface area (Å²) in [6, 6.07) is 3.43. The van der Waals surface area contributed by atoms with Crippen molar-refractivity contribution < 1.29 is 12.8 Å². The number of hydrogen-bond donors (Lipinski definition) is 2. The van der Waals surface area contributed by atoms with Crippen molar-refractivity contribution >= 4 is 15.7 Å². The third-order valence-corrected chi connectivity index (χ3v) is 5.31. The van der Waals surface area contributed by atoms with Crippen LogP contribution in [0.5, 0.6) is 0 Å². The average Bonchev–Trinajstić information content (AvgIpc) is 2.61. The van der Waals surface area contributed by atoms with E-state index in [-0.39, 0.29) is 22.0 Å². The number of nitrogens with one attached hydrogen (secondary N) is 1. The molecule has 0 aromatic heterocycles. The van der Waals surface area contributed by atoms with E-state index in [1.54, 1.807) is 0 Å². The largest absolute Gasteiger partial charge is 0.396 e. The molecular formula is C13H19FN2O2S. The summed E-state index contributed by atoms with van der Waals surface area (Å²) in [5, 5.41) is 0. The molecule has 1 aliphatic carbocycles. The normalized spacial score (nSPS) is 22.6. The van der Waals surface area contributed by atoms with E-state index in [4.69, 9.17) is 5.73 Å². The van der Waals surface area contributed by atoms with Crippen LogP contribution >= 0.6 is 0 Å². The van der Waals surface area contributed by atoms with Crippen molar-refractivity contribution in [3.63, 3.8) is 0 Å². The van der Waals surface area contributed by atoms with Gasteiger partial charge >= 0.3 is 0 Å². The van der Waals surface area contributed by atoms with Gasteiger partial charge in [-0.2, -0.15) is 0 Å². The van der Waals surface area contributed by atoms with E-state index >= 15 is 0 Å². The fraction of sp³-hybridized carbons (Fsp3) is 0.538. The van der Waals surface area contributed by atoms with Gasteiger partial charge in [-0.1, -0.05) is 20.3 Å². The van der Waals surface area contributed by atoms with Crippen LogP contribution in [-0.2, 0) is 10.0 Å². The van der Waals surface area contributed by atoms with Crippen molar-refractivity contribution in [1.82, 2.24) is 4.72 Å². The van der Waals surface area contributed by atoms with Gasteiger partial charge in [-0.3, -0.25) is 0 Å². The topological polar surface area (TPSA) is 72.2 Å². The first-order valence-electron chi connectivity index (χ1n) is 6.30. The Bertz CT molecular complexity index is 584. The number of halogens is 1. The van der Waals surface area contributed by atoms with Gasteiger partial charge in [0.25, 0.3) is 0 Å². The number of anilines is 1. The summed E-state index contributed by atoms with van der Waals surface area (Å²) in [5.41, 5.74) is 5.22.